The molecule has 0 aromatic heterocycles. The number of carbonyl (C=O) groups is 5. The van der Waals surface area contributed by atoms with Crippen molar-refractivity contribution in [2.75, 3.05) is 13.2 Å². The molecule has 0 rings (SSSR count). The van der Waals surface area contributed by atoms with Gasteiger partial charge in [-0.15, -0.1) is 0 Å². The number of carbonyl (C=O) groups excluding carboxylic acids is 3. The van der Waals surface area contributed by atoms with E-state index in [1.54, 1.807) is 0 Å². The predicted molar refractivity (Wildman–Crippen MR) is 89.5 cm³/mol. The summed E-state index contributed by atoms with van der Waals surface area (Å²) >= 11 is 0. The zero-order valence-electron chi connectivity index (χ0n) is 14.9. The maximum atomic E-state index is 12.2. The summed E-state index contributed by atoms with van der Waals surface area (Å²) in [5.41, 5.74) is 5.25. The molecule has 160 valence electrons. The molecule has 0 aromatic carbocycles. The van der Waals surface area contributed by atoms with Gasteiger partial charge in [0.1, 0.15) is 18.1 Å². The highest BCUT2D eigenvalue weighted by molar-refractivity contribution is 5.95. The van der Waals surface area contributed by atoms with E-state index >= 15 is 0 Å². The minimum absolute atomic E-state index is 0.744. The van der Waals surface area contributed by atoms with Crippen molar-refractivity contribution in [2.24, 2.45) is 5.73 Å². The Bertz CT molecular complexity index is 597. The lowest BCUT2D eigenvalue weighted by atomic mass is 10.1. The van der Waals surface area contributed by atoms with E-state index in [0.717, 1.165) is 6.92 Å². The molecule has 14 heteroatoms. The molecule has 5 atom stereocenters. The SMILES string of the molecule is CC(O)C(NC(=O)C(CC(=O)O)NC(=O)C(CO)NC(=O)C(N)CO)C(=O)O. The van der Waals surface area contributed by atoms with Gasteiger partial charge >= 0.3 is 11.9 Å². The first-order valence-electron chi connectivity index (χ1n) is 7.95. The third kappa shape index (κ3) is 8.26. The highest BCUT2D eigenvalue weighted by Crippen LogP contribution is 2.00. The van der Waals surface area contributed by atoms with E-state index in [9.17, 15) is 34.2 Å². The van der Waals surface area contributed by atoms with E-state index in [-0.39, 0.29) is 0 Å². The number of carboxylic acid groups (broad SMARTS) is 2. The number of hydrogen-bond donors (Lipinski definition) is 9. The Morgan fingerprint density at radius 2 is 1.36 bits per heavy atom. The van der Waals surface area contributed by atoms with Crippen molar-refractivity contribution >= 4 is 29.7 Å². The summed E-state index contributed by atoms with van der Waals surface area (Å²) in [4.78, 5) is 57.8. The van der Waals surface area contributed by atoms with Crippen LogP contribution in [0.4, 0.5) is 0 Å². The van der Waals surface area contributed by atoms with Gasteiger partial charge in [0.05, 0.1) is 25.7 Å². The summed E-state index contributed by atoms with van der Waals surface area (Å²) in [6.45, 7) is -0.611. The van der Waals surface area contributed by atoms with Crippen LogP contribution in [0.1, 0.15) is 13.3 Å². The van der Waals surface area contributed by atoms with Crippen LogP contribution in [0, 0.1) is 0 Å². The van der Waals surface area contributed by atoms with Crippen molar-refractivity contribution < 1.29 is 49.5 Å². The summed E-state index contributed by atoms with van der Waals surface area (Å²) < 4.78 is 0. The molecule has 0 fully saturated rings. The van der Waals surface area contributed by atoms with Crippen LogP contribution in [-0.4, -0.2) is 98.7 Å². The average molecular weight is 408 g/mol. The molecular formula is C14H24N4O10. The molecule has 0 heterocycles. The van der Waals surface area contributed by atoms with Crippen LogP contribution in [0.2, 0.25) is 0 Å². The van der Waals surface area contributed by atoms with Gasteiger partial charge < -0.3 is 47.2 Å². The van der Waals surface area contributed by atoms with E-state index in [1.807, 2.05) is 16.0 Å². The summed E-state index contributed by atoms with van der Waals surface area (Å²) in [6, 6.07) is -6.55. The Balaban J connectivity index is 5.26. The number of aliphatic hydroxyl groups is 3. The molecule has 0 aliphatic heterocycles. The monoisotopic (exact) mass is 408 g/mol. The molecule has 0 aliphatic carbocycles. The van der Waals surface area contributed by atoms with Crippen LogP contribution in [0.5, 0.6) is 0 Å². The largest absolute Gasteiger partial charge is 0.481 e. The molecule has 5 unspecified atom stereocenters. The molecule has 14 nitrogen and oxygen atoms in total. The van der Waals surface area contributed by atoms with Gasteiger partial charge in [0.15, 0.2) is 6.04 Å². The Labute approximate surface area is 158 Å². The number of amides is 3. The van der Waals surface area contributed by atoms with Gasteiger partial charge in [-0.25, -0.2) is 4.79 Å². The maximum Gasteiger partial charge on any atom is 0.328 e. The minimum Gasteiger partial charge on any atom is -0.481 e. The Kier molecular flexibility index (Phi) is 10.6. The number of carboxylic acids is 2. The maximum absolute atomic E-state index is 12.2. The summed E-state index contributed by atoms with van der Waals surface area (Å²) in [5.74, 6) is -6.49. The smallest absolute Gasteiger partial charge is 0.328 e. The van der Waals surface area contributed by atoms with Crippen LogP contribution in [-0.2, 0) is 24.0 Å². The fraction of sp³-hybridized carbons (Fsp3) is 0.643. The van der Waals surface area contributed by atoms with Crippen molar-refractivity contribution in [3.63, 3.8) is 0 Å². The third-order valence-corrected chi connectivity index (χ3v) is 3.41. The molecule has 0 saturated carbocycles. The fourth-order valence-electron chi connectivity index (χ4n) is 1.85. The molecule has 0 bridgehead atoms. The summed E-state index contributed by atoms with van der Waals surface area (Å²) in [7, 11) is 0. The zero-order valence-corrected chi connectivity index (χ0v) is 14.9. The third-order valence-electron chi connectivity index (χ3n) is 3.41. The molecule has 10 N–H and O–H groups in total. The van der Waals surface area contributed by atoms with Crippen molar-refractivity contribution in [3.05, 3.63) is 0 Å². The van der Waals surface area contributed by atoms with E-state index in [4.69, 9.17) is 21.1 Å². The van der Waals surface area contributed by atoms with E-state index in [0.29, 0.717) is 0 Å². The van der Waals surface area contributed by atoms with Gasteiger partial charge in [0.25, 0.3) is 0 Å². The van der Waals surface area contributed by atoms with Gasteiger partial charge in [0.2, 0.25) is 17.7 Å². The van der Waals surface area contributed by atoms with Crippen molar-refractivity contribution in [3.8, 4) is 0 Å². The first kappa shape index (κ1) is 25.2. The van der Waals surface area contributed by atoms with Crippen LogP contribution in [0.3, 0.4) is 0 Å². The van der Waals surface area contributed by atoms with E-state index in [1.165, 1.54) is 0 Å². The van der Waals surface area contributed by atoms with Crippen LogP contribution >= 0.6 is 0 Å². The summed E-state index contributed by atoms with van der Waals surface area (Å²) in [6.07, 6.45) is -2.47. The quantitative estimate of drug-likeness (QED) is 0.147. The van der Waals surface area contributed by atoms with Gasteiger partial charge in [-0.1, -0.05) is 0 Å². The average Bonchev–Trinajstić information content (AvgIpc) is 2.61. The number of hydrogen-bond acceptors (Lipinski definition) is 9. The Hall–Kier alpha value is -2.81. The number of nitrogens with two attached hydrogens (primary N) is 1. The zero-order chi connectivity index (χ0) is 22.0. The lowest BCUT2D eigenvalue weighted by Gasteiger charge is -2.24. The van der Waals surface area contributed by atoms with Crippen molar-refractivity contribution in [2.45, 2.75) is 43.6 Å². The molecule has 28 heavy (non-hydrogen) atoms. The summed E-state index contributed by atoms with van der Waals surface area (Å²) in [5, 5.41) is 51.0. The number of aliphatic carboxylic acids is 2. The van der Waals surface area contributed by atoms with Crippen LogP contribution in [0.15, 0.2) is 0 Å². The van der Waals surface area contributed by atoms with Gasteiger partial charge in [-0.3, -0.25) is 19.2 Å². The molecule has 0 aliphatic rings. The van der Waals surface area contributed by atoms with Crippen LogP contribution < -0.4 is 21.7 Å². The molecule has 3 amide bonds. The molecule has 0 spiro atoms. The van der Waals surface area contributed by atoms with Gasteiger partial charge in [0, 0.05) is 0 Å². The highest BCUT2D eigenvalue weighted by Gasteiger charge is 2.32. The Morgan fingerprint density at radius 3 is 1.75 bits per heavy atom. The normalized spacial score (nSPS) is 16.0. The highest BCUT2D eigenvalue weighted by atomic mass is 16.4. The van der Waals surface area contributed by atoms with Crippen molar-refractivity contribution in [1.82, 2.24) is 16.0 Å². The standard InChI is InChI=1S/C14H24N4O10/c1-5(21)10(14(27)28)18-12(25)7(2-9(22)23)16-13(26)8(4-20)17-11(24)6(15)3-19/h5-8,10,19-21H,2-4,15H2,1H3,(H,16,26)(H,17,24)(H,18,25)(H,22,23)(H,27,28). The van der Waals surface area contributed by atoms with Gasteiger partial charge in [-0.2, -0.15) is 0 Å². The molecule has 0 aromatic rings. The Morgan fingerprint density at radius 1 is 0.857 bits per heavy atom. The minimum atomic E-state index is -1.77. The molecular weight excluding hydrogens is 384 g/mol. The predicted octanol–water partition coefficient (Wildman–Crippen LogP) is -5.31. The molecule has 0 saturated heterocycles. The fourth-order valence-corrected chi connectivity index (χ4v) is 1.85. The first-order chi connectivity index (χ1) is 12.9. The molecule has 0 radical (unpaired) electrons. The topological polar surface area (TPSA) is 249 Å². The van der Waals surface area contributed by atoms with E-state index in [2.05, 4.69) is 0 Å². The number of aliphatic hydroxyl groups excluding tert-OH is 3. The second kappa shape index (κ2) is 11.8. The van der Waals surface area contributed by atoms with Crippen molar-refractivity contribution in [1.29, 1.82) is 0 Å². The second-order valence-electron chi connectivity index (χ2n) is 5.76. The number of rotatable bonds is 12. The second-order valence-corrected chi connectivity index (χ2v) is 5.76. The van der Waals surface area contributed by atoms with Crippen LogP contribution in [0.25, 0.3) is 0 Å². The lowest BCUT2D eigenvalue weighted by Crippen LogP contribution is -2.59. The first-order valence-corrected chi connectivity index (χ1v) is 7.95. The van der Waals surface area contributed by atoms with E-state index < -0.39 is 79.6 Å². The van der Waals surface area contributed by atoms with Gasteiger partial charge in [-0.05, 0) is 6.92 Å². The lowest BCUT2D eigenvalue weighted by molar-refractivity contribution is -0.146. The number of nitrogens with one attached hydrogen (secondary N) is 3.